The second-order valence-electron chi connectivity index (χ2n) is 6.03. The van der Waals surface area contributed by atoms with Gasteiger partial charge in [0.05, 0.1) is 0 Å². The molecule has 2 N–H and O–H groups in total. The molecular weight excluding hydrogens is 318 g/mol. The standard InChI is InChI=1S/C19H23N3OS/c1-24-18-9-7-16(8-10-18)20-19(23)21-17-11-12-22(14-17)13-15-5-3-2-4-6-15/h2-10,17H,11-14H2,1H3,(H2,20,21,23). The van der Waals surface area contributed by atoms with Crippen LogP contribution in [0.3, 0.4) is 0 Å². The van der Waals surface area contributed by atoms with Gasteiger partial charge in [-0.25, -0.2) is 4.79 Å². The summed E-state index contributed by atoms with van der Waals surface area (Å²) in [5.41, 5.74) is 2.14. The lowest BCUT2D eigenvalue weighted by Gasteiger charge is -2.17. The van der Waals surface area contributed by atoms with Gasteiger partial charge in [0, 0.05) is 36.3 Å². The molecule has 0 radical (unpaired) electrons. The molecule has 2 aromatic rings. The van der Waals surface area contributed by atoms with Crippen molar-refractivity contribution in [1.82, 2.24) is 10.2 Å². The zero-order chi connectivity index (χ0) is 16.8. The second-order valence-corrected chi connectivity index (χ2v) is 6.91. The van der Waals surface area contributed by atoms with Gasteiger partial charge in [0.1, 0.15) is 0 Å². The number of likely N-dealkylation sites (tertiary alicyclic amines) is 1. The Morgan fingerprint density at radius 3 is 2.62 bits per heavy atom. The third-order valence-electron chi connectivity index (χ3n) is 4.20. The highest BCUT2D eigenvalue weighted by Gasteiger charge is 2.23. The SMILES string of the molecule is CSc1ccc(NC(=O)NC2CCN(Cc3ccccc3)C2)cc1. The summed E-state index contributed by atoms with van der Waals surface area (Å²) < 4.78 is 0. The zero-order valence-electron chi connectivity index (χ0n) is 13.9. The third-order valence-corrected chi connectivity index (χ3v) is 4.95. The van der Waals surface area contributed by atoms with Gasteiger partial charge in [-0.15, -0.1) is 11.8 Å². The summed E-state index contributed by atoms with van der Waals surface area (Å²) in [6, 6.07) is 18.4. The minimum atomic E-state index is -0.126. The number of thioether (sulfide) groups is 1. The summed E-state index contributed by atoms with van der Waals surface area (Å²) >= 11 is 1.69. The number of urea groups is 1. The smallest absolute Gasteiger partial charge is 0.319 e. The van der Waals surface area contributed by atoms with Crippen LogP contribution in [0.5, 0.6) is 0 Å². The number of hydrogen-bond acceptors (Lipinski definition) is 3. The second kappa shape index (κ2) is 8.22. The van der Waals surface area contributed by atoms with Gasteiger partial charge in [-0.3, -0.25) is 4.90 Å². The summed E-state index contributed by atoms with van der Waals surface area (Å²) in [7, 11) is 0. The normalized spacial score (nSPS) is 17.6. The van der Waals surface area contributed by atoms with Gasteiger partial charge in [0.25, 0.3) is 0 Å². The molecule has 1 saturated heterocycles. The van der Waals surface area contributed by atoms with E-state index in [2.05, 4.69) is 39.8 Å². The van der Waals surface area contributed by atoms with Crippen LogP contribution in [0.1, 0.15) is 12.0 Å². The molecule has 0 spiro atoms. The number of rotatable bonds is 5. The minimum absolute atomic E-state index is 0.126. The summed E-state index contributed by atoms with van der Waals surface area (Å²) in [4.78, 5) is 15.7. The Hall–Kier alpha value is -1.98. The molecule has 0 aliphatic carbocycles. The highest BCUT2D eigenvalue weighted by atomic mass is 32.2. The molecular formula is C19H23N3OS. The van der Waals surface area contributed by atoms with Crippen molar-refractivity contribution >= 4 is 23.5 Å². The number of nitrogens with zero attached hydrogens (tertiary/aromatic N) is 1. The van der Waals surface area contributed by atoms with Gasteiger partial charge in [-0.2, -0.15) is 0 Å². The first-order valence-corrected chi connectivity index (χ1v) is 9.43. The average Bonchev–Trinajstić information content (AvgIpc) is 3.03. The number of amides is 2. The summed E-state index contributed by atoms with van der Waals surface area (Å²) in [5.74, 6) is 0. The maximum Gasteiger partial charge on any atom is 0.319 e. The molecule has 5 heteroatoms. The number of carbonyl (C=O) groups is 1. The molecule has 24 heavy (non-hydrogen) atoms. The van der Waals surface area contributed by atoms with E-state index >= 15 is 0 Å². The highest BCUT2D eigenvalue weighted by Crippen LogP contribution is 2.18. The van der Waals surface area contributed by atoms with E-state index in [1.54, 1.807) is 11.8 Å². The van der Waals surface area contributed by atoms with Gasteiger partial charge in [-0.05, 0) is 42.5 Å². The Labute approximate surface area is 147 Å². The molecule has 0 bridgehead atoms. The Morgan fingerprint density at radius 2 is 1.92 bits per heavy atom. The molecule has 1 unspecified atom stereocenters. The fourth-order valence-corrected chi connectivity index (χ4v) is 3.37. The zero-order valence-corrected chi connectivity index (χ0v) is 14.7. The van der Waals surface area contributed by atoms with Crippen LogP contribution in [0.4, 0.5) is 10.5 Å². The van der Waals surface area contributed by atoms with Crippen LogP contribution >= 0.6 is 11.8 Å². The molecule has 2 amide bonds. The summed E-state index contributed by atoms with van der Waals surface area (Å²) in [6.45, 7) is 2.85. The van der Waals surface area contributed by atoms with Crippen LogP contribution in [0.25, 0.3) is 0 Å². The van der Waals surface area contributed by atoms with Gasteiger partial charge < -0.3 is 10.6 Å². The molecule has 126 valence electrons. The molecule has 4 nitrogen and oxygen atoms in total. The largest absolute Gasteiger partial charge is 0.334 e. The lowest BCUT2D eigenvalue weighted by Crippen LogP contribution is -2.39. The van der Waals surface area contributed by atoms with E-state index in [9.17, 15) is 4.79 Å². The molecule has 0 aromatic heterocycles. The van der Waals surface area contributed by atoms with Crippen molar-refractivity contribution in [3.05, 3.63) is 60.2 Å². The van der Waals surface area contributed by atoms with Crippen molar-refractivity contribution in [3.8, 4) is 0 Å². The first-order valence-electron chi connectivity index (χ1n) is 8.21. The highest BCUT2D eigenvalue weighted by molar-refractivity contribution is 7.98. The van der Waals surface area contributed by atoms with E-state index in [0.29, 0.717) is 0 Å². The monoisotopic (exact) mass is 341 g/mol. The predicted molar refractivity (Wildman–Crippen MR) is 101 cm³/mol. The van der Waals surface area contributed by atoms with Crippen molar-refractivity contribution in [3.63, 3.8) is 0 Å². The molecule has 1 aliphatic heterocycles. The van der Waals surface area contributed by atoms with Gasteiger partial charge in [-0.1, -0.05) is 30.3 Å². The molecule has 2 aromatic carbocycles. The van der Waals surface area contributed by atoms with E-state index in [-0.39, 0.29) is 12.1 Å². The van der Waals surface area contributed by atoms with Gasteiger partial charge in [0.15, 0.2) is 0 Å². The fourth-order valence-electron chi connectivity index (χ4n) is 2.96. The summed E-state index contributed by atoms with van der Waals surface area (Å²) in [6.07, 6.45) is 3.03. The Morgan fingerprint density at radius 1 is 1.17 bits per heavy atom. The van der Waals surface area contributed by atoms with Crippen molar-refractivity contribution in [2.45, 2.75) is 23.9 Å². The maximum atomic E-state index is 12.1. The van der Waals surface area contributed by atoms with E-state index in [1.807, 2.05) is 36.6 Å². The Bertz CT molecular complexity index is 660. The number of benzene rings is 2. The molecule has 3 rings (SSSR count). The van der Waals surface area contributed by atoms with E-state index < -0.39 is 0 Å². The van der Waals surface area contributed by atoms with Crippen LogP contribution in [-0.2, 0) is 6.54 Å². The van der Waals surface area contributed by atoms with Crippen LogP contribution < -0.4 is 10.6 Å². The quantitative estimate of drug-likeness (QED) is 0.813. The average molecular weight is 341 g/mol. The number of hydrogen-bond donors (Lipinski definition) is 2. The van der Waals surface area contributed by atoms with E-state index in [4.69, 9.17) is 0 Å². The number of anilines is 1. The van der Waals surface area contributed by atoms with E-state index in [1.165, 1.54) is 10.5 Å². The minimum Gasteiger partial charge on any atom is -0.334 e. The molecule has 1 aliphatic rings. The van der Waals surface area contributed by atoms with Gasteiger partial charge >= 0.3 is 6.03 Å². The topological polar surface area (TPSA) is 44.4 Å². The number of carbonyl (C=O) groups excluding carboxylic acids is 1. The van der Waals surface area contributed by atoms with Crippen molar-refractivity contribution in [2.75, 3.05) is 24.7 Å². The first-order chi connectivity index (χ1) is 11.7. The Balaban J connectivity index is 1.45. The lowest BCUT2D eigenvalue weighted by molar-refractivity contribution is 0.247. The van der Waals surface area contributed by atoms with Crippen LogP contribution in [0.2, 0.25) is 0 Å². The maximum absolute atomic E-state index is 12.1. The first kappa shape index (κ1) is 16.9. The van der Waals surface area contributed by atoms with Gasteiger partial charge in [0.2, 0.25) is 0 Å². The number of nitrogens with one attached hydrogen (secondary N) is 2. The third kappa shape index (κ3) is 4.76. The lowest BCUT2D eigenvalue weighted by atomic mass is 10.2. The molecule has 0 saturated carbocycles. The molecule has 1 heterocycles. The van der Waals surface area contributed by atoms with Crippen LogP contribution in [0, 0.1) is 0 Å². The van der Waals surface area contributed by atoms with Crippen LogP contribution in [-0.4, -0.2) is 36.3 Å². The van der Waals surface area contributed by atoms with Crippen LogP contribution in [0.15, 0.2) is 59.5 Å². The molecule has 1 fully saturated rings. The molecule has 1 atom stereocenters. The van der Waals surface area contributed by atoms with Crippen molar-refractivity contribution in [2.24, 2.45) is 0 Å². The van der Waals surface area contributed by atoms with E-state index in [0.717, 1.165) is 31.7 Å². The summed E-state index contributed by atoms with van der Waals surface area (Å²) in [5, 5.41) is 5.98. The predicted octanol–water partition coefficient (Wildman–Crippen LogP) is 3.80. The Kier molecular flexibility index (Phi) is 5.77. The van der Waals surface area contributed by atoms with Crippen molar-refractivity contribution < 1.29 is 4.79 Å². The van der Waals surface area contributed by atoms with Crippen molar-refractivity contribution in [1.29, 1.82) is 0 Å². The fraction of sp³-hybridized carbons (Fsp3) is 0.316.